The highest BCUT2D eigenvalue weighted by Crippen LogP contribution is 2.27. The SMILES string of the molecule is CN1CCN([C@@H]2CCCN(c3cnc(C(N)=O)c(Nc4ccc5c(c4)CCNC5)n3)C2)C1=O. The number of benzene rings is 1. The van der Waals surface area contributed by atoms with Crippen LogP contribution in [0.1, 0.15) is 34.5 Å². The Morgan fingerprint density at radius 3 is 2.91 bits per heavy atom. The first-order chi connectivity index (χ1) is 16.0. The maximum atomic E-state index is 12.5. The lowest BCUT2D eigenvalue weighted by Gasteiger charge is -2.37. The Bertz CT molecular complexity index is 1070. The van der Waals surface area contributed by atoms with E-state index >= 15 is 0 Å². The number of hydrogen-bond acceptors (Lipinski definition) is 7. The molecule has 0 saturated carbocycles. The van der Waals surface area contributed by atoms with E-state index in [1.165, 1.54) is 11.1 Å². The summed E-state index contributed by atoms with van der Waals surface area (Å²) in [5, 5.41) is 6.64. The molecular formula is C23H30N8O2. The lowest BCUT2D eigenvalue weighted by molar-refractivity contribution is 0.0996. The van der Waals surface area contributed by atoms with E-state index in [9.17, 15) is 9.59 Å². The first-order valence-corrected chi connectivity index (χ1v) is 11.5. The first kappa shape index (κ1) is 21.4. The molecule has 5 rings (SSSR count). The van der Waals surface area contributed by atoms with Crippen LogP contribution in [-0.4, -0.2) is 77.5 Å². The highest BCUT2D eigenvalue weighted by atomic mass is 16.2. The number of piperidine rings is 1. The average molecular weight is 451 g/mol. The van der Waals surface area contributed by atoms with E-state index < -0.39 is 5.91 Å². The van der Waals surface area contributed by atoms with Crippen LogP contribution in [0.2, 0.25) is 0 Å². The molecule has 1 aromatic heterocycles. The zero-order chi connectivity index (χ0) is 22.9. The van der Waals surface area contributed by atoms with Crippen LogP contribution < -0.4 is 21.3 Å². The Morgan fingerprint density at radius 2 is 2.12 bits per heavy atom. The number of carbonyl (C=O) groups excluding carboxylic acids is 2. The molecule has 2 aromatic rings. The smallest absolute Gasteiger partial charge is 0.320 e. The number of aromatic nitrogens is 2. The third-order valence-corrected chi connectivity index (χ3v) is 6.76. The largest absolute Gasteiger partial charge is 0.364 e. The van der Waals surface area contributed by atoms with Crippen LogP contribution in [0.25, 0.3) is 0 Å². The summed E-state index contributed by atoms with van der Waals surface area (Å²) < 4.78 is 0. The third kappa shape index (κ3) is 4.30. The Labute approximate surface area is 193 Å². The van der Waals surface area contributed by atoms with Crippen LogP contribution in [-0.2, 0) is 13.0 Å². The van der Waals surface area contributed by atoms with Gasteiger partial charge in [-0.25, -0.2) is 14.8 Å². The fourth-order valence-corrected chi connectivity index (χ4v) is 4.92. The van der Waals surface area contributed by atoms with Crippen molar-refractivity contribution in [3.63, 3.8) is 0 Å². The van der Waals surface area contributed by atoms with E-state index in [4.69, 9.17) is 10.7 Å². The van der Waals surface area contributed by atoms with E-state index in [1.807, 2.05) is 18.0 Å². The number of primary amides is 1. The lowest BCUT2D eigenvalue weighted by atomic mass is 10.0. The number of likely N-dealkylation sites (N-methyl/N-ethyl adjacent to an activating group) is 1. The van der Waals surface area contributed by atoms with Gasteiger partial charge < -0.3 is 31.1 Å². The highest BCUT2D eigenvalue weighted by molar-refractivity contribution is 5.96. The molecule has 10 nitrogen and oxygen atoms in total. The number of nitrogens with one attached hydrogen (secondary N) is 2. The van der Waals surface area contributed by atoms with Crippen LogP contribution >= 0.6 is 0 Å². The molecule has 1 atom stereocenters. The van der Waals surface area contributed by atoms with E-state index in [0.29, 0.717) is 18.2 Å². The van der Waals surface area contributed by atoms with Gasteiger partial charge in [-0.05, 0) is 49.1 Å². The zero-order valence-electron chi connectivity index (χ0n) is 18.9. The number of nitrogens with two attached hydrogens (primary N) is 1. The molecule has 10 heteroatoms. The summed E-state index contributed by atoms with van der Waals surface area (Å²) in [6.45, 7) is 4.83. The molecule has 2 fully saturated rings. The molecule has 33 heavy (non-hydrogen) atoms. The van der Waals surface area contributed by atoms with Crippen molar-refractivity contribution < 1.29 is 9.59 Å². The number of amides is 3. The second-order valence-corrected chi connectivity index (χ2v) is 8.96. The summed E-state index contributed by atoms with van der Waals surface area (Å²) >= 11 is 0. The van der Waals surface area contributed by atoms with Gasteiger partial charge in [0.05, 0.1) is 12.2 Å². The van der Waals surface area contributed by atoms with Crippen molar-refractivity contribution in [3.05, 3.63) is 41.2 Å². The molecule has 0 spiro atoms. The van der Waals surface area contributed by atoms with E-state index in [2.05, 4.69) is 32.7 Å². The van der Waals surface area contributed by atoms with Crippen LogP contribution in [0.15, 0.2) is 24.4 Å². The summed E-state index contributed by atoms with van der Waals surface area (Å²) in [6.07, 6.45) is 4.49. The summed E-state index contributed by atoms with van der Waals surface area (Å²) in [5.74, 6) is 0.406. The summed E-state index contributed by atoms with van der Waals surface area (Å²) in [7, 11) is 1.84. The van der Waals surface area contributed by atoms with Gasteiger partial charge in [0.25, 0.3) is 5.91 Å². The first-order valence-electron chi connectivity index (χ1n) is 11.5. The van der Waals surface area contributed by atoms with Crippen molar-refractivity contribution in [1.82, 2.24) is 25.1 Å². The molecule has 3 amide bonds. The van der Waals surface area contributed by atoms with Gasteiger partial charge in [-0.3, -0.25) is 4.79 Å². The minimum absolute atomic E-state index is 0.0852. The van der Waals surface area contributed by atoms with Crippen molar-refractivity contribution in [1.29, 1.82) is 0 Å². The van der Waals surface area contributed by atoms with Crippen molar-refractivity contribution >= 4 is 29.3 Å². The zero-order valence-corrected chi connectivity index (χ0v) is 18.9. The Morgan fingerprint density at radius 1 is 1.24 bits per heavy atom. The predicted octanol–water partition coefficient (Wildman–Crippen LogP) is 1.30. The molecule has 174 valence electrons. The van der Waals surface area contributed by atoms with Gasteiger partial charge in [0, 0.05) is 45.5 Å². The Kier molecular flexibility index (Phi) is 5.76. The standard InChI is InChI=1S/C23H30N8O2/c1-29-9-10-31(23(29)33)18-3-2-8-30(14-18)19-13-26-20(21(24)32)22(28-19)27-17-5-4-16-12-25-7-6-15(16)11-17/h4-5,11,13,18,25H,2-3,6-10,12,14H2,1H3,(H2,24,32)(H,27,28)/t18-/m1/s1. The van der Waals surface area contributed by atoms with Gasteiger partial charge in [0.15, 0.2) is 11.5 Å². The summed E-state index contributed by atoms with van der Waals surface area (Å²) in [4.78, 5) is 39.5. The number of rotatable bonds is 5. The van der Waals surface area contributed by atoms with Gasteiger partial charge in [-0.1, -0.05) is 6.07 Å². The minimum Gasteiger partial charge on any atom is -0.364 e. The summed E-state index contributed by atoms with van der Waals surface area (Å²) in [6, 6.07) is 6.39. The monoisotopic (exact) mass is 450 g/mol. The third-order valence-electron chi connectivity index (χ3n) is 6.76. The molecule has 3 aliphatic heterocycles. The minimum atomic E-state index is -0.624. The van der Waals surface area contributed by atoms with Crippen LogP contribution in [0.5, 0.6) is 0 Å². The van der Waals surface area contributed by atoms with Crippen LogP contribution in [0.3, 0.4) is 0 Å². The van der Waals surface area contributed by atoms with Crippen LogP contribution in [0.4, 0.5) is 22.1 Å². The Balaban J connectivity index is 1.38. The molecule has 0 bridgehead atoms. The number of carbonyl (C=O) groups is 2. The quantitative estimate of drug-likeness (QED) is 0.628. The fraction of sp³-hybridized carbons (Fsp3) is 0.478. The Hall–Kier alpha value is -3.40. The van der Waals surface area contributed by atoms with Crippen LogP contribution in [0, 0.1) is 0 Å². The molecule has 3 aliphatic rings. The fourth-order valence-electron chi connectivity index (χ4n) is 4.92. The molecule has 0 aliphatic carbocycles. The van der Waals surface area contributed by atoms with Gasteiger partial charge in [0.1, 0.15) is 5.82 Å². The number of hydrogen-bond donors (Lipinski definition) is 3. The second kappa shape index (κ2) is 8.86. The average Bonchev–Trinajstić information content (AvgIpc) is 3.17. The summed E-state index contributed by atoms with van der Waals surface area (Å²) in [5.41, 5.74) is 9.12. The molecule has 0 unspecified atom stereocenters. The van der Waals surface area contributed by atoms with Crippen molar-refractivity contribution in [2.24, 2.45) is 5.73 Å². The molecule has 1 aromatic carbocycles. The van der Waals surface area contributed by atoms with Crippen molar-refractivity contribution in [2.75, 3.05) is 50.0 Å². The highest BCUT2D eigenvalue weighted by Gasteiger charge is 2.34. The molecule has 4 N–H and O–H groups in total. The van der Waals surface area contributed by atoms with E-state index in [-0.39, 0.29) is 17.8 Å². The van der Waals surface area contributed by atoms with Crippen molar-refractivity contribution in [3.8, 4) is 0 Å². The number of nitrogens with zero attached hydrogens (tertiary/aromatic N) is 5. The molecule has 2 saturated heterocycles. The van der Waals surface area contributed by atoms with Crippen molar-refractivity contribution in [2.45, 2.75) is 31.8 Å². The van der Waals surface area contributed by atoms with Gasteiger partial charge in [0.2, 0.25) is 0 Å². The number of anilines is 3. The maximum Gasteiger partial charge on any atom is 0.320 e. The van der Waals surface area contributed by atoms with E-state index in [1.54, 1.807) is 11.1 Å². The number of urea groups is 1. The number of fused-ring (bicyclic) bond motifs is 1. The topological polar surface area (TPSA) is 120 Å². The lowest BCUT2D eigenvalue weighted by Crippen LogP contribution is -2.49. The van der Waals surface area contributed by atoms with Gasteiger partial charge in [-0.2, -0.15) is 0 Å². The molecular weight excluding hydrogens is 420 g/mol. The molecule has 4 heterocycles. The second-order valence-electron chi connectivity index (χ2n) is 8.96. The van der Waals surface area contributed by atoms with E-state index in [0.717, 1.165) is 57.7 Å². The normalized spacial score (nSPS) is 20.7. The van der Waals surface area contributed by atoms with Gasteiger partial charge >= 0.3 is 6.03 Å². The molecule has 0 radical (unpaired) electrons. The van der Waals surface area contributed by atoms with Gasteiger partial charge in [-0.15, -0.1) is 0 Å². The predicted molar refractivity (Wildman–Crippen MR) is 126 cm³/mol. The maximum absolute atomic E-state index is 12.5.